The molecule has 100 valence electrons. The Hall–Kier alpha value is -2.69. The van der Waals surface area contributed by atoms with Crippen molar-refractivity contribution in [1.29, 1.82) is 0 Å². The molecular weight excluding hydrogens is 257 g/mol. The van der Waals surface area contributed by atoms with Crippen LogP contribution in [0.3, 0.4) is 0 Å². The Kier molecular flexibility index (Phi) is 2.95. The number of nitrogens with two attached hydrogens (primary N) is 1. The number of carbonyl (C=O) groups is 1. The van der Waals surface area contributed by atoms with Gasteiger partial charge in [0.05, 0.1) is 0 Å². The highest BCUT2D eigenvalue weighted by Gasteiger charge is 2.12. The van der Waals surface area contributed by atoms with Crippen LogP contribution in [-0.4, -0.2) is 15.9 Å². The van der Waals surface area contributed by atoms with Crippen LogP contribution < -0.4 is 5.73 Å². The van der Waals surface area contributed by atoms with Gasteiger partial charge in [0.1, 0.15) is 5.82 Å². The molecule has 0 unspecified atom stereocenters. The molecule has 2 heterocycles. The van der Waals surface area contributed by atoms with Gasteiger partial charge in [-0.2, -0.15) is 0 Å². The number of nitrogens with zero attached hydrogens (tertiary/aromatic N) is 1. The summed E-state index contributed by atoms with van der Waals surface area (Å²) >= 11 is 0. The number of H-pyrrole nitrogens is 1. The average molecular weight is 269 g/mol. The van der Waals surface area contributed by atoms with Crippen LogP contribution in [-0.2, 0) is 6.42 Å². The fraction of sp³-hybridized carbons (Fsp3) is 0.0667. The Morgan fingerprint density at radius 2 is 2.15 bits per heavy atom. The highest BCUT2D eigenvalue weighted by Crippen LogP contribution is 2.21. The molecule has 0 saturated heterocycles. The minimum absolute atomic E-state index is 0.277. The number of fused-ring (bicyclic) bond motifs is 1. The molecule has 4 nitrogen and oxygen atoms in total. The number of nitrogens with one attached hydrogen (secondary N) is 1. The number of aromatic nitrogens is 2. The number of rotatable bonds is 3. The van der Waals surface area contributed by atoms with E-state index in [9.17, 15) is 9.18 Å². The lowest BCUT2D eigenvalue weighted by Crippen LogP contribution is -2.14. The van der Waals surface area contributed by atoms with E-state index < -0.39 is 5.91 Å². The maximum absolute atomic E-state index is 14.1. The van der Waals surface area contributed by atoms with Crippen LogP contribution in [0.15, 0.2) is 42.9 Å². The molecule has 0 spiro atoms. The molecule has 0 aliphatic carbocycles. The predicted molar refractivity (Wildman–Crippen MR) is 73.8 cm³/mol. The molecule has 0 atom stereocenters. The topological polar surface area (TPSA) is 71.8 Å². The van der Waals surface area contributed by atoms with Crippen molar-refractivity contribution < 1.29 is 9.18 Å². The van der Waals surface area contributed by atoms with E-state index in [0.717, 1.165) is 10.9 Å². The molecular formula is C15H12FN3O. The van der Waals surface area contributed by atoms with Gasteiger partial charge >= 0.3 is 0 Å². The van der Waals surface area contributed by atoms with Crippen molar-refractivity contribution in [2.75, 3.05) is 0 Å². The summed E-state index contributed by atoms with van der Waals surface area (Å²) in [4.78, 5) is 18.3. The molecule has 3 aromatic rings. The number of primary amides is 1. The first-order valence-corrected chi connectivity index (χ1v) is 6.13. The number of benzene rings is 1. The molecule has 2 aromatic heterocycles. The first-order chi connectivity index (χ1) is 9.65. The van der Waals surface area contributed by atoms with Gasteiger partial charge in [-0.25, -0.2) is 4.39 Å². The lowest BCUT2D eigenvalue weighted by Gasteiger charge is -2.07. The Bertz CT molecular complexity index is 795. The smallest absolute Gasteiger partial charge is 0.249 e. The maximum atomic E-state index is 14.1. The zero-order valence-electron chi connectivity index (χ0n) is 10.6. The van der Waals surface area contributed by atoms with Gasteiger partial charge in [-0.3, -0.25) is 9.78 Å². The van der Waals surface area contributed by atoms with E-state index in [2.05, 4.69) is 9.97 Å². The van der Waals surface area contributed by atoms with Gasteiger partial charge in [-0.05, 0) is 40.8 Å². The quantitative estimate of drug-likeness (QED) is 0.766. The van der Waals surface area contributed by atoms with Crippen LogP contribution >= 0.6 is 0 Å². The molecule has 0 aliphatic rings. The third-order valence-corrected chi connectivity index (χ3v) is 3.27. The van der Waals surface area contributed by atoms with Crippen LogP contribution in [0.2, 0.25) is 0 Å². The van der Waals surface area contributed by atoms with Crippen LogP contribution in [0.4, 0.5) is 4.39 Å². The number of pyridine rings is 1. The average Bonchev–Trinajstić information content (AvgIpc) is 2.86. The second-order valence-electron chi connectivity index (χ2n) is 4.58. The van der Waals surface area contributed by atoms with Crippen LogP contribution in [0, 0.1) is 5.82 Å². The maximum Gasteiger partial charge on any atom is 0.249 e. The molecule has 0 aliphatic heterocycles. The molecule has 1 amide bonds. The summed E-state index contributed by atoms with van der Waals surface area (Å²) in [6.07, 6.45) is 5.07. The second-order valence-corrected chi connectivity index (χ2v) is 4.58. The molecule has 0 saturated carbocycles. The zero-order valence-corrected chi connectivity index (χ0v) is 10.6. The lowest BCUT2D eigenvalue weighted by atomic mass is 10.00. The molecule has 1 aromatic carbocycles. The minimum Gasteiger partial charge on any atom is -0.366 e. The van der Waals surface area contributed by atoms with E-state index >= 15 is 0 Å². The summed E-state index contributed by atoms with van der Waals surface area (Å²) in [6, 6.07) is 6.63. The third-order valence-electron chi connectivity index (χ3n) is 3.27. The molecule has 20 heavy (non-hydrogen) atoms. The largest absolute Gasteiger partial charge is 0.366 e. The monoisotopic (exact) mass is 269 g/mol. The van der Waals surface area contributed by atoms with E-state index in [0.29, 0.717) is 16.7 Å². The summed E-state index contributed by atoms with van der Waals surface area (Å²) < 4.78 is 14.1. The van der Waals surface area contributed by atoms with Gasteiger partial charge in [0.2, 0.25) is 5.91 Å². The first-order valence-electron chi connectivity index (χ1n) is 6.13. The van der Waals surface area contributed by atoms with Gasteiger partial charge < -0.3 is 10.7 Å². The van der Waals surface area contributed by atoms with Gasteiger partial charge in [0, 0.05) is 36.1 Å². The van der Waals surface area contributed by atoms with Crippen molar-refractivity contribution >= 4 is 16.8 Å². The molecule has 3 rings (SSSR count). The van der Waals surface area contributed by atoms with Crippen LogP contribution in [0.5, 0.6) is 0 Å². The predicted octanol–water partition coefficient (Wildman–Crippen LogP) is 2.39. The van der Waals surface area contributed by atoms with Gasteiger partial charge in [-0.1, -0.05) is 0 Å². The minimum atomic E-state index is -0.537. The highest BCUT2D eigenvalue weighted by molar-refractivity contribution is 5.94. The Morgan fingerprint density at radius 1 is 1.30 bits per heavy atom. The molecule has 0 bridgehead atoms. The van der Waals surface area contributed by atoms with Crippen LogP contribution in [0.25, 0.3) is 10.9 Å². The number of carbonyl (C=O) groups excluding carboxylic acids is 1. The zero-order chi connectivity index (χ0) is 14.1. The number of aromatic amines is 1. The number of hydrogen-bond acceptors (Lipinski definition) is 2. The van der Waals surface area contributed by atoms with Crippen LogP contribution in [0.1, 0.15) is 21.5 Å². The van der Waals surface area contributed by atoms with Gasteiger partial charge in [-0.15, -0.1) is 0 Å². The molecule has 5 heteroatoms. The van der Waals surface area contributed by atoms with Crippen molar-refractivity contribution in [2.24, 2.45) is 5.73 Å². The van der Waals surface area contributed by atoms with Crippen molar-refractivity contribution in [2.45, 2.75) is 6.42 Å². The SMILES string of the molecule is NC(=O)c1ccncc1Cc1cc2cc[nH]c2cc1F. The first kappa shape index (κ1) is 12.3. The van der Waals surface area contributed by atoms with Gasteiger partial charge in [0.25, 0.3) is 0 Å². The van der Waals surface area contributed by atoms with Crippen molar-refractivity contribution in [3.8, 4) is 0 Å². The standard InChI is InChI=1S/C15H12FN3O/c16-13-7-14-9(1-4-19-14)5-10(13)6-11-8-18-3-2-12(11)15(17)20/h1-5,7-8,19H,6H2,(H2,17,20). The van der Waals surface area contributed by atoms with E-state index in [1.807, 2.05) is 6.07 Å². The highest BCUT2D eigenvalue weighted by atomic mass is 19.1. The Morgan fingerprint density at radius 3 is 2.95 bits per heavy atom. The Balaban J connectivity index is 2.05. The van der Waals surface area contributed by atoms with Gasteiger partial charge in [0.15, 0.2) is 0 Å². The number of amides is 1. The van der Waals surface area contributed by atoms with E-state index in [1.165, 1.54) is 12.3 Å². The molecule has 3 N–H and O–H groups in total. The van der Waals surface area contributed by atoms with E-state index in [-0.39, 0.29) is 12.2 Å². The fourth-order valence-corrected chi connectivity index (χ4v) is 2.27. The second kappa shape index (κ2) is 4.77. The number of halogens is 1. The summed E-state index contributed by atoms with van der Waals surface area (Å²) in [7, 11) is 0. The summed E-state index contributed by atoms with van der Waals surface area (Å²) in [5, 5.41) is 0.922. The molecule has 0 fully saturated rings. The Labute approximate surface area is 114 Å². The van der Waals surface area contributed by atoms with Crippen molar-refractivity contribution in [1.82, 2.24) is 9.97 Å². The third kappa shape index (κ3) is 2.14. The summed E-state index contributed by atoms with van der Waals surface area (Å²) in [6.45, 7) is 0. The summed E-state index contributed by atoms with van der Waals surface area (Å²) in [5.41, 5.74) is 7.55. The normalized spacial score (nSPS) is 10.8. The van der Waals surface area contributed by atoms with E-state index in [1.54, 1.807) is 24.5 Å². The summed E-state index contributed by atoms with van der Waals surface area (Å²) in [5.74, 6) is -0.857. The fourth-order valence-electron chi connectivity index (χ4n) is 2.27. The molecule has 0 radical (unpaired) electrons. The lowest BCUT2D eigenvalue weighted by molar-refractivity contribution is 0.0999. The van der Waals surface area contributed by atoms with E-state index in [4.69, 9.17) is 5.73 Å². The number of hydrogen-bond donors (Lipinski definition) is 2. The van der Waals surface area contributed by atoms with Crippen molar-refractivity contribution in [3.63, 3.8) is 0 Å². The van der Waals surface area contributed by atoms with Crippen molar-refractivity contribution in [3.05, 3.63) is 65.4 Å².